The number of primary amides is 1. The topological polar surface area (TPSA) is 60.1 Å². The maximum absolute atomic E-state index is 11.2. The van der Waals surface area contributed by atoms with Gasteiger partial charge in [-0.15, -0.1) is 0 Å². The van der Waals surface area contributed by atoms with E-state index in [0.29, 0.717) is 0 Å². The van der Waals surface area contributed by atoms with Crippen LogP contribution in [0.5, 0.6) is 0 Å². The number of nitrogens with zero attached hydrogens (tertiary/aromatic N) is 1. The van der Waals surface area contributed by atoms with Crippen LogP contribution in [0.2, 0.25) is 0 Å². The second kappa shape index (κ2) is 4.30. The third-order valence-electron chi connectivity index (χ3n) is 4.08. The lowest BCUT2D eigenvalue weighted by molar-refractivity contribution is 0.243. The van der Waals surface area contributed by atoms with E-state index in [1.54, 1.807) is 0 Å². The highest BCUT2D eigenvalue weighted by Gasteiger charge is 2.27. The van der Waals surface area contributed by atoms with Gasteiger partial charge in [-0.2, -0.15) is 0 Å². The predicted octanol–water partition coefficient (Wildman–Crippen LogP) is 2.53. The van der Waals surface area contributed by atoms with Crippen molar-refractivity contribution in [3.05, 3.63) is 35.0 Å². The van der Waals surface area contributed by atoms with E-state index in [9.17, 15) is 4.79 Å². The molecule has 1 aliphatic rings. The molecule has 3 rings (SSSR count). The molecule has 0 radical (unpaired) electrons. The summed E-state index contributed by atoms with van der Waals surface area (Å²) in [4.78, 5) is 11.2. The number of aryl methyl sites for hydroxylation is 3. The Morgan fingerprint density at radius 1 is 1.47 bits per heavy atom. The summed E-state index contributed by atoms with van der Waals surface area (Å²) >= 11 is 0. The summed E-state index contributed by atoms with van der Waals surface area (Å²) in [5, 5.41) is 4.19. The molecule has 4 heteroatoms. The molecule has 2 amide bonds. The number of fused-ring (bicyclic) bond motifs is 3. The van der Waals surface area contributed by atoms with E-state index < -0.39 is 6.03 Å². The van der Waals surface area contributed by atoms with Crippen LogP contribution in [0.1, 0.15) is 35.7 Å². The third kappa shape index (κ3) is 1.87. The Balaban J connectivity index is 2.21. The first-order valence-electron chi connectivity index (χ1n) is 6.71. The van der Waals surface area contributed by atoms with Gasteiger partial charge in [-0.3, -0.25) is 0 Å². The molecule has 0 spiro atoms. The first-order valence-corrected chi connectivity index (χ1v) is 6.71. The Kier molecular flexibility index (Phi) is 2.73. The lowest BCUT2D eigenvalue weighted by Gasteiger charge is -2.24. The maximum Gasteiger partial charge on any atom is 0.312 e. The van der Waals surface area contributed by atoms with Gasteiger partial charge < -0.3 is 15.6 Å². The molecule has 0 aliphatic heterocycles. The van der Waals surface area contributed by atoms with Gasteiger partial charge in [-0.25, -0.2) is 4.79 Å². The van der Waals surface area contributed by atoms with Crippen molar-refractivity contribution in [3.8, 4) is 0 Å². The molecule has 2 aromatic rings. The summed E-state index contributed by atoms with van der Waals surface area (Å²) in [6, 6.07) is 6.12. The van der Waals surface area contributed by atoms with E-state index >= 15 is 0 Å². The zero-order valence-corrected chi connectivity index (χ0v) is 11.4. The molecule has 0 saturated heterocycles. The van der Waals surface area contributed by atoms with Crippen molar-refractivity contribution in [2.75, 3.05) is 0 Å². The van der Waals surface area contributed by atoms with Crippen LogP contribution in [0.25, 0.3) is 10.9 Å². The van der Waals surface area contributed by atoms with Crippen molar-refractivity contribution in [3.63, 3.8) is 0 Å². The van der Waals surface area contributed by atoms with E-state index in [1.165, 1.54) is 27.7 Å². The molecular formula is C15H19N3O. The van der Waals surface area contributed by atoms with Crippen molar-refractivity contribution in [2.24, 2.45) is 12.8 Å². The zero-order chi connectivity index (χ0) is 13.6. The Labute approximate surface area is 112 Å². The van der Waals surface area contributed by atoms with Crippen molar-refractivity contribution < 1.29 is 4.79 Å². The van der Waals surface area contributed by atoms with E-state index in [-0.39, 0.29) is 6.04 Å². The van der Waals surface area contributed by atoms with Gasteiger partial charge in [-0.05, 0) is 43.9 Å². The first kappa shape index (κ1) is 12.1. The number of urea groups is 1. The summed E-state index contributed by atoms with van der Waals surface area (Å²) in [5.74, 6) is 0. The molecule has 1 aliphatic carbocycles. The van der Waals surface area contributed by atoms with Crippen molar-refractivity contribution in [1.82, 2.24) is 9.88 Å². The molecule has 100 valence electrons. The molecule has 1 atom stereocenters. The number of carbonyl (C=O) groups excluding carboxylic acids is 1. The van der Waals surface area contributed by atoms with Gasteiger partial charge in [0.05, 0.1) is 6.04 Å². The standard InChI is InChI=1S/C15H19N3O/c1-9-6-7-13-11(8-9)10-4-3-5-12(17-15(16)19)14(10)18(13)2/h6-8,12H,3-5H2,1-2H3,(H3,16,17,19)/t12-/m0/s1. The van der Waals surface area contributed by atoms with Crippen LogP contribution in [0.15, 0.2) is 18.2 Å². The maximum atomic E-state index is 11.2. The summed E-state index contributed by atoms with van der Waals surface area (Å²) in [6.45, 7) is 2.11. The van der Waals surface area contributed by atoms with Gasteiger partial charge in [-0.1, -0.05) is 11.6 Å². The summed E-state index contributed by atoms with van der Waals surface area (Å²) in [5.41, 5.74) is 10.4. The Bertz CT molecular complexity index is 657. The number of hydrogen-bond acceptors (Lipinski definition) is 1. The number of aromatic nitrogens is 1. The van der Waals surface area contributed by atoms with Crippen LogP contribution in [-0.4, -0.2) is 10.6 Å². The normalized spacial score (nSPS) is 18.3. The fourth-order valence-electron chi connectivity index (χ4n) is 3.29. The number of hydrogen-bond donors (Lipinski definition) is 2. The number of carbonyl (C=O) groups is 1. The van der Waals surface area contributed by atoms with Crippen LogP contribution in [0, 0.1) is 6.92 Å². The number of amides is 2. The van der Waals surface area contributed by atoms with E-state index in [0.717, 1.165) is 19.3 Å². The lowest BCUT2D eigenvalue weighted by Crippen LogP contribution is -2.35. The molecule has 1 aromatic heterocycles. The molecular weight excluding hydrogens is 238 g/mol. The molecule has 1 aromatic carbocycles. The largest absolute Gasteiger partial charge is 0.352 e. The predicted molar refractivity (Wildman–Crippen MR) is 76.1 cm³/mol. The van der Waals surface area contributed by atoms with Crippen LogP contribution in [0.3, 0.4) is 0 Å². The minimum Gasteiger partial charge on any atom is -0.352 e. The SMILES string of the molecule is Cc1ccc2c(c1)c1c(n2C)[C@@H](NC(N)=O)CCC1. The molecule has 0 fully saturated rings. The fraction of sp³-hybridized carbons (Fsp3) is 0.400. The highest BCUT2D eigenvalue weighted by Crippen LogP contribution is 2.36. The van der Waals surface area contributed by atoms with Gasteiger partial charge in [0.2, 0.25) is 0 Å². The van der Waals surface area contributed by atoms with Crippen LogP contribution < -0.4 is 11.1 Å². The first-order chi connectivity index (χ1) is 9.08. The monoisotopic (exact) mass is 257 g/mol. The van der Waals surface area contributed by atoms with Gasteiger partial charge in [0, 0.05) is 23.6 Å². The molecule has 0 bridgehead atoms. The number of nitrogens with one attached hydrogen (secondary N) is 1. The van der Waals surface area contributed by atoms with E-state index in [4.69, 9.17) is 5.73 Å². The average molecular weight is 257 g/mol. The van der Waals surface area contributed by atoms with E-state index in [2.05, 4.69) is 42.1 Å². The number of benzene rings is 1. The second-order valence-corrected chi connectivity index (χ2v) is 5.40. The van der Waals surface area contributed by atoms with Crippen molar-refractivity contribution in [2.45, 2.75) is 32.2 Å². The average Bonchev–Trinajstić information content (AvgIpc) is 2.63. The summed E-state index contributed by atoms with van der Waals surface area (Å²) in [7, 11) is 2.07. The molecule has 0 unspecified atom stereocenters. The van der Waals surface area contributed by atoms with Gasteiger partial charge in [0.15, 0.2) is 0 Å². The van der Waals surface area contributed by atoms with Crippen molar-refractivity contribution in [1.29, 1.82) is 0 Å². The molecule has 3 N–H and O–H groups in total. The van der Waals surface area contributed by atoms with E-state index in [1.807, 2.05) is 0 Å². The van der Waals surface area contributed by atoms with Crippen molar-refractivity contribution >= 4 is 16.9 Å². The fourth-order valence-corrected chi connectivity index (χ4v) is 3.29. The van der Waals surface area contributed by atoms with Gasteiger partial charge in [0.1, 0.15) is 0 Å². The number of rotatable bonds is 1. The lowest BCUT2D eigenvalue weighted by atomic mass is 9.91. The van der Waals surface area contributed by atoms with Crippen LogP contribution in [-0.2, 0) is 13.5 Å². The Morgan fingerprint density at radius 2 is 2.26 bits per heavy atom. The highest BCUT2D eigenvalue weighted by molar-refractivity contribution is 5.87. The van der Waals surface area contributed by atoms with Gasteiger partial charge in [0.25, 0.3) is 0 Å². The molecule has 0 saturated carbocycles. The van der Waals surface area contributed by atoms with Crippen LogP contribution in [0.4, 0.5) is 4.79 Å². The zero-order valence-electron chi connectivity index (χ0n) is 11.4. The molecule has 1 heterocycles. The van der Waals surface area contributed by atoms with Crippen LogP contribution >= 0.6 is 0 Å². The summed E-state index contributed by atoms with van der Waals surface area (Å²) in [6.07, 6.45) is 3.12. The smallest absolute Gasteiger partial charge is 0.312 e. The summed E-state index contributed by atoms with van der Waals surface area (Å²) < 4.78 is 2.20. The van der Waals surface area contributed by atoms with Gasteiger partial charge >= 0.3 is 6.03 Å². The molecule has 4 nitrogen and oxygen atoms in total. The second-order valence-electron chi connectivity index (χ2n) is 5.40. The highest BCUT2D eigenvalue weighted by atomic mass is 16.2. The number of nitrogens with two attached hydrogens (primary N) is 1. The Morgan fingerprint density at radius 3 is 3.00 bits per heavy atom. The molecule has 19 heavy (non-hydrogen) atoms. The minimum absolute atomic E-state index is 0.0407. The third-order valence-corrected chi connectivity index (χ3v) is 4.08. The minimum atomic E-state index is -0.445. The quantitative estimate of drug-likeness (QED) is 0.810. The Hall–Kier alpha value is -1.97.